The Hall–Kier alpha value is -0.100. The molecule has 0 bridgehead atoms. The molecule has 0 radical (unpaired) electrons. The number of rotatable bonds is 3. The second-order valence-electron chi connectivity index (χ2n) is 3.77. The summed E-state index contributed by atoms with van der Waals surface area (Å²) < 4.78 is 0. The molecule has 0 fully saturated rings. The van der Waals surface area contributed by atoms with Gasteiger partial charge in [0.25, 0.3) is 0 Å². The van der Waals surface area contributed by atoms with E-state index in [0.29, 0.717) is 17.0 Å². The maximum absolute atomic E-state index is 11.7. The molecule has 0 aromatic rings. The van der Waals surface area contributed by atoms with E-state index in [1.165, 1.54) is 0 Å². The fraction of sp³-hybridized carbons (Fsp3) is 0.889. The molecule has 12 heavy (non-hydrogen) atoms. The minimum Gasteiger partial charge on any atom is -0.345 e. The molecule has 0 atom stereocenters. The van der Waals surface area contributed by atoms with Crippen molar-refractivity contribution in [3.05, 3.63) is 0 Å². The van der Waals surface area contributed by atoms with Crippen LogP contribution in [0.3, 0.4) is 0 Å². The van der Waals surface area contributed by atoms with Crippen LogP contribution in [0.4, 0.5) is 4.79 Å². The van der Waals surface area contributed by atoms with Crippen molar-refractivity contribution in [3.8, 4) is 0 Å². The predicted molar refractivity (Wildman–Crippen MR) is 56.3 cm³/mol. The average Bonchev–Trinajstić information content (AvgIpc) is 1.85. The van der Waals surface area contributed by atoms with Gasteiger partial charge >= 0.3 is 0 Å². The zero-order valence-corrected chi connectivity index (χ0v) is 9.85. The summed E-state index contributed by atoms with van der Waals surface area (Å²) in [4.78, 5) is 13.4. The van der Waals surface area contributed by atoms with Gasteiger partial charge in [0.15, 0.2) is 0 Å². The quantitative estimate of drug-likeness (QED) is 0.625. The molecule has 0 unspecified atom stereocenters. The number of carbonyl (C=O) groups excluding carboxylic acids is 1. The van der Waals surface area contributed by atoms with Gasteiger partial charge in [0, 0.05) is 14.1 Å². The fourth-order valence-electron chi connectivity index (χ4n) is 1.27. The fourth-order valence-corrected chi connectivity index (χ4v) is 3.81. The van der Waals surface area contributed by atoms with Crippen LogP contribution in [0.1, 0.15) is 27.7 Å². The Balaban J connectivity index is 4.41. The third-order valence-electron chi connectivity index (χ3n) is 1.72. The second kappa shape index (κ2) is 4.81. The van der Waals surface area contributed by atoms with Crippen LogP contribution in [-0.4, -0.2) is 36.0 Å². The van der Waals surface area contributed by atoms with Gasteiger partial charge in [-0.15, -0.1) is 0 Å². The van der Waals surface area contributed by atoms with Gasteiger partial charge in [-0.1, -0.05) is 27.7 Å². The lowest BCUT2D eigenvalue weighted by atomic mass is 10.5. The highest BCUT2D eigenvalue weighted by atomic mass is 31.1. The minimum absolute atomic E-state index is 0.315. The largest absolute Gasteiger partial charge is 0.345 e. The Labute approximate surface area is 77.1 Å². The van der Waals surface area contributed by atoms with E-state index in [-0.39, 0.29) is 0 Å². The summed E-state index contributed by atoms with van der Waals surface area (Å²) in [5, 5.41) is 0. The van der Waals surface area contributed by atoms with Crippen LogP contribution in [0.25, 0.3) is 0 Å². The van der Waals surface area contributed by atoms with E-state index in [4.69, 9.17) is 0 Å². The molecule has 0 aromatic heterocycles. The molecule has 0 N–H and O–H groups in total. The third-order valence-corrected chi connectivity index (χ3v) is 4.78. The van der Waals surface area contributed by atoms with E-state index in [1.807, 2.05) is 14.1 Å². The third kappa shape index (κ3) is 3.10. The summed E-state index contributed by atoms with van der Waals surface area (Å²) in [5.41, 5.74) is 1.31. The van der Waals surface area contributed by atoms with Crippen molar-refractivity contribution in [2.75, 3.05) is 14.1 Å². The maximum Gasteiger partial charge on any atom is 0.243 e. The van der Waals surface area contributed by atoms with Gasteiger partial charge in [0.1, 0.15) is 0 Å². The molecule has 72 valence electrons. The molecule has 0 saturated heterocycles. The molecule has 0 aromatic carbocycles. The van der Waals surface area contributed by atoms with Crippen molar-refractivity contribution in [1.82, 2.24) is 4.90 Å². The second-order valence-corrected chi connectivity index (χ2v) is 7.03. The normalized spacial score (nSPS) is 11.4. The highest BCUT2D eigenvalue weighted by Gasteiger charge is 2.25. The first-order valence-corrected chi connectivity index (χ1v) is 5.85. The van der Waals surface area contributed by atoms with Gasteiger partial charge in [-0.05, 0) is 19.2 Å². The molecule has 2 nitrogen and oxygen atoms in total. The Morgan fingerprint density at radius 1 is 1.08 bits per heavy atom. The standard InChI is InChI=1S/C9H20NOP/c1-7(2)12(8(3)4)9(11)10(5)6/h7-8H,1-6H3. The molecular formula is C9H20NOP. The first-order chi connectivity index (χ1) is 5.37. The van der Waals surface area contributed by atoms with Crippen LogP contribution in [0.2, 0.25) is 0 Å². The summed E-state index contributed by atoms with van der Waals surface area (Å²) in [5.74, 6) is 0. The van der Waals surface area contributed by atoms with Gasteiger partial charge in [-0.2, -0.15) is 0 Å². The molecule has 3 heteroatoms. The SMILES string of the molecule is CC(C)P(C(=O)N(C)C)C(C)C. The summed E-state index contributed by atoms with van der Waals surface area (Å²) in [6, 6.07) is 0. The first-order valence-electron chi connectivity index (χ1n) is 4.37. The van der Waals surface area contributed by atoms with Crippen molar-refractivity contribution in [1.29, 1.82) is 0 Å². The van der Waals surface area contributed by atoms with Crippen LogP contribution in [0, 0.1) is 0 Å². The summed E-state index contributed by atoms with van der Waals surface area (Å²) in [6.07, 6.45) is 0. The lowest BCUT2D eigenvalue weighted by Crippen LogP contribution is -2.24. The molecule has 0 aliphatic rings. The Morgan fingerprint density at radius 2 is 1.42 bits per heavy atom. The molecular weight excluding hydrogens is 169 g/mol. The monoisotopic (exact) mass is 189 g/mol. The van der Waals surface area contributed by atoms with Crippen molar-refractivity contribution in [2.24, 2.45) is 0 Å². The molecule has 0 aliphatic heterocycles. The van der Waals surface area contributed by atoms with E-state index >= 15 is 0 Å². The lowest BCUT2D eigenvalue weighted by molar-refractivity contribution is 0.240. The molecule has 1 amide bonds. The van der Waals surface area contributed by atoms with Crippen LogP contribution in [0.5, 0.6) is 0 Å². The first kappa shape index (κ1) is 11.9. The topological polar surface area (TPSA) is 20.3 Å². The Kier molecular flexibility index (Phi) is 4.77. The maximum atomic E-state index is 11.7. The van der Waals surface area contributed by atoms with Gasteiger partial charge in [0.2, 0.25) is 5.65 Å². The average molecular weight is 189 g/mol. The minimum atomic E-state index is -0.492. The van der Waals surface area contributed by atoms with Crippen LogP contribution in [0.15, 0.2) is 0 Å². The number of nitrogens with zero attached hydrogens (tertiary/aromatic N) is 1. The van der Waals surface area contributed by atoms with E-state index in [2.05, 4.69) is 27.7 Å². The van der Waals surface area contributed by atoms with Gasteiger partial charge in [-0.25, -0.2) is 0 Å². The number of hydrogen-bond acceptors (Lipinski definition) is 1. The molecule has 0 heterocycles. The van der Waals surface area contributed by atoms with Gasteiger partial charge in [-0.3, -0.25) is 4.79 Å². The van der Waals surface area contributed by atoms with Crippen molar-refractivity contribution < 1.29 is 4.79 Å². The van der Waals surface area contributed by atoms with E-state index < -0.39 is 7.92 Å². The number of carbonyl (C=O) groups is 1. The Morgan fingerprint density at radius 3 is 1.50 bits per heavy atom. The van der Waals surface area contributed by atoms with Crippen molar-refractivity contribution in [2.45, 2.75) is 39.0 Å². The van der Waals surface area contributed by atoms with Crippen molar-refractivity contribution >= 4 is 13.6 Å². The number of hydrogen-bond donors (Lipinski definition) is 0. The van der Waals surface area contributed by atoms with Gasteiger partial charge in [0.05, 0.1) is 0 Å². The van der Waals surface area contributed by atoms with E-state index in [9.17, 15) is 4.79 Å². The highest BCUT2D eigenvalue weighted by Crippen LogP contribution is 2.47. The van der Waals surface area contributed by atoms with Crippen LogP contribution in [-0.2, 0) is 0 Å². The zero-order valence-electron chi connectivity index (χ0n) is 8.96. The highest BCUT2D eigenvalue weighted by molar-refractivity contribution is 7.75. The predicted octanol–water partition coefficient (Wildman–Crippen LogP) is 2.97. The Bertz CT molecular complexity index is 147. The molecule has 0 saturated carbocycles. The van der Waals surface area contributed by atoms with Crippen LogP contribution < -0.4 is 0 Å². The summed E-state index contributed by atoms with van der Waals surface area (Å²) in [7, 11) is 3.18. The molecule has 0 rings (SSSR count). The lowest BCUT2D eigenvalue weighted by Gasteiger charge is -2.26. The van der Waals surface area contributed by atoms with E-state index in [0.717, 1.165) is 0 Å². The summed E-state index contributed by atoms with van der Waals surface area (Å²) in [6.45, 7) is 8.53. The van der Waals surface area contributed by atoms with Crippen molar-refractivity contribution in [3.63, 3.8) is 0 Å². The van der Waals surface area contributed by atoms with E-state index in [1.54, 1.807) is 4.90 Å². The van der Waals surface area contributed by atoms with Crippen LogP contribution >= 0.6 is 7.92 Å². The number of amides is 1. The molecule has 0 spiro atoms. The summed E-state index contributed by atoms with van der Waals surface area (Å²) >= 11 is 0. The van der Waals surface area contributed by atoms with Gasteiger partial charge < -0.3 is 4.90 Å². The zero-order chi connectivity index (χ0) is 9.89. The smallest absolute Gasteiger partial charge is 0.243 e. The molecule has 0 aliphatic carbocycles.